The number of fused-ring (bicyclic) bond motifs is 1. The van der Waals surface area contributed by atoms with Gasteiger partial charge in [0.2, 0.25) is 5.91 Å². The summed E-state index contributed by atoms with van der Waals surface area (Å²) >= 11 is 0. The van der Waals surface area contributed by atoms with E-state index in [1.807, 2.05) is 18.2 Å². The first-order valence-electron chi connectivity index (χ1n) is 11.5. The molecule has 2 fully saturated rings. The van der Waals surface area contributed by atoms with Crippen molar-refractivity contribution in [2.45, 2.75) is 57.9 Å². The Kier molecular flexibility index (Phi) is 8.98. The second-order valence-corrected chi connectivity index (χ2v) is 8.46. The molecule has 1 aromatic carbocycles. The molecule has 1 saturated heterocycles. The van der Waals surface area contributed by atoms with E-state index in [2.05, 4.69) is 38.5 Å². The number of benzene rings is 1. The molecular weight excluding hydrogens is 503 g/mol. The van der Waals surface area contributed by atoms with Gasteiger partial charge in [-0.2, -0.15) is 0 Å². The van der Waals surface area contributed by atoms with Gasteiger partial charge in [-0.05, 0) is 44.7 Å². The van der Waals surface area contributed by atoms with Crippen molar-refractivity contribution in [1.82, 2.24) is 25.5 Å². The topological polar surface area (TPSA) is 85.4 Å². The summed E-state index contributed by atoms with van der Waals surface area (Å²) in [7, 11) is 0. The van der Waals surface area contributed by atoms with Gasteiger partial charge in [0.25, 0.3) is 0 Å². The number of halogens is 1. The molecule has 2 aliphatic rings. The van der Waals surface area contributed by atoms with Crippen LogP contribution in [0, 0.1) is 5.92 Å². The number of hydrogen-bond donors (Lipinski definition) is 3. The average molecular weight is 538 g/mol. The van der Waals surface area contributed by atoms with Gasteiger partial charge in [-0.25, -0.2) is 4.98 Å². The first kappa shape index (κ1) is 23.8. The summed E-state index contributed by atoms with van der Waals surface area (Å²) in [6.07, 6.45) is 7.36. The maximum atomic E-state index is 12.7. The Hall–Kier alpha value is -1.84. The van der Waals surface area contributed by atoms with Gasteiger partial charge in [-0.15, -0.1) is 24.0 Å². The molecule has 1 unspecified atom stereocenters. The molecule has 7 nitrogen and oxygen atoms in total. The van der Waals surface area contributed by atoms with Gasteiger partial charge in [-0.1, -0.05) is 25.0 Å². The van der Waals surface area contributed by atoms with Crippen LogP contribution in [0.2, 0.25) is 0 Å². The fourth-order valence-corrected chi connectivity index (χ4v) is 4.58. The number of nitrogens with zero attached hydrogens (tertiary/aromatic N) is 3. The van der Waals surface area contributed by atoms with Crippen LogP contribution in [0.4, 0.5) is 0 Å². The Morgan fingerprint density at radius 1 is 1.26 bits per heavy atom. The Morgan fingerprint density at radius 3 is 2.84 bits per heavy atom. The van der Waals surface area contributed by atoms with Crippen molar-refractivity contribution in [3.63, 3.8) is 0 Å². The minimum Gasteiger partial charge on any atom is -0.357 e. The van der Waals surface area contributed by atoms with Crippen LogP contribution in [0.15, 0.2) is 29.3 Å². The zero-order chi connectivity index (χ0) is 20.8. The van der Waals surface area contributed by atoms with Crippen LogP contribution >= 0.6 is 24.0 Å². The van der Waals surface area contributed by atoms with Gasteiger partial charge in [-0.3, -0.25) is 9.79 Å². The molecule has 2 aromatic rings. The highest BCUT2D eigenvalue weighted by Crippen LogP contribution is 2.27. The van der Waals surface area contributed by atoms with E-state index >= 15 is 0 Å². The SMILES string of the molecule is CCNC(=NCCCc1nc2ccccc2[nH]1)NC1CCN(C(=O)C2CCCC2)C1.I. The summed E-state index contributed by atoms with van der Waals surface area (Å²) in [4.78, 5) is 27.5. The van der Waals surface area contributed by atoms with Crippen molar-refractivity contribution < 1.29 is 4.79 Å². The third-order valence-electron chi connectivity index (χ3n) is 6.17. The van der Waals surface area contributed by atoms with Crippen molar-refractivity contribution in [2.24, 2.45) is 10.9 Å². The lowest BCUT2D eigenvalue weighted by atomic mass is 10.1. The van der Waals surface area contributed by atoms with E-state index in [0.29, 0.717) is 5.91 Å². The van der Waals surface area contributed by atoms with E-state index in [9.17, 15) is 4.79 Å². The van der Waals surface area contributed by atoms with Gasteiger partial charge in [0.1, 0.15) is 5.82 Å². The molecule has 1 atom stereocenters. The molecular formula is C23H35IN6O. The number of carbonyl (C=O) groups is 1. The zero-order valence-corrected chi connectivity index (χ0v) is 20.7. The van der Waals surface area contributed by atoms with E-state index in [1.54, 1.807) is 0 Å². The molecule has 1 aromatic heterocycles. The number of hydrogen-bond acceptors (Lipinski definition) is 3. The number of aliphatic imine (C=N–C) groups is 1. The van der Waals surface area contributed by atoms with Crippen LogP contribution < -0.4 is 10.6 Å². The molecule has 8 heteroatoms. The van der Waals surface area contributed by atoms with Gasteiger partial charge in [0, 0.05) is 44.6 Å². The van der Waals surface area contributed by atoms with E-state index in [-0.39, 0.29) is 35.9 Å². The molecule has 4 rings (SSSR count). The highest BCUT2D eigenvalue weighted by atomic mass is 127. The number of guanidine groups is 1. The molecule has 0 radical (unpaired) electrons. The fourth-order valence-electron chi connectivity index (χ4n) is 4.58. The van der Waals surface area contributed by atoms with E-state index < -0.39 is 0 Å². The summed E-state index contributed by atoms with van der Waals surface area (Å²) < 4.78 is 0. The Bertz CT molecular complexity index is 843. The lowest BCUT2D eigenvalue weighted by molar-refractivity contribution is -0.134. The minimum atomic E-state index is 0. The second-order valence-electron chi connectivity index (χ2n) is 8.46. The molecule has 1 aliphatic heterocycles. The monoisotopic (exact) mass is 538 g/mol. The second kappa shape index (κ2) is 11.7. The van der Waals surface area contributed by atoms with Crippen LogP contribution in [-0.4, -0.2) is 59.0 Å². The lowest BCUT2D eigenvalue weighted by Gasteiger charge is -2.21. The smallest absolute Gasteiger partial charge is 0.225 e. The number of carbonyl (C=O) groups excluding carboxylic acids is 1. The number of likely N-dealkylation sites (tertiary alicyclic amines) is 1. The zero-order valence-electron chi connectivity index (χ0n) is 18.4. The summed E-state index contributed by atoms with van der Waals surface area (Å²) in [6, 6.07) is 8.40. The number of nitrogens with one attached hydrogen (secondary N) is 3. The first-order valence-corrected chi connectivity index (χ1v) is 11.5. The van der Waals surface area contributed by atoms with Crippen LogP contribution in [-0.2, 0) is 11.2 Å². The predicted molar refractivity (Wildman–Crippen MR) is 136 cm³/mol. The highest BCUT2D eigenvalue weighted by Gasteiger charge is 2.32. The molecule has 0 bridgehead atoms. The molecule has 1 amide bonds. The fraction of sp³-hybridized carbons (Fsp3) is 0.609. The summed E-state index contributed by atoms with van der Waals surface area (Å²) in [5.74, 6) is 2.50. The quantitative estimate of drug-likeness (QED) is 0.218. The van der Waals surface area contributed by atoms with Crippen LogP contribution in [0.1, 0.15) is 51.3 Å². The van der Waals surface area contributed by atoms with Crippen LogP contribution in [0.5, 0.6) is 0 Å². The third-order valence-corrected chi connectivity index (χ3v) is 6.17. The average Bonchev–Trinajstić information content (AvgIpc) is 3.51. The maximum absolute atomic E-state index is 12.7. The molecule has 3 N–H and O–H groups in total. The molecule has 31 heavy (non-hydrogen) atoms. The van der Waals surface area contributed by atoms with Gasteiger partial charge >= 0.3 is 0 Å². The summed E-state index contributed by atoms with van der Waals surface area (Å²) in [5, 5.41) is 6.87. The van der Waals surface area contributed by atoms with E-state index in [4.69, 9.17) is 4.99 Å². The maximum Gasteiger partial charge on any atom is 0.225 e. The van der Waals surface area contributed by atoms with Crippen molar-refractivity contribution in [1.29, 1.82) is 0 Å². The Balaban J connectivity index is 0.00000272. The highest BCUT2D eigenvalue weighted by molar-refractivity contribution is 14.0. The number of para-hydroxylation sites is 2. The molecule has 2 heterocycles. The Morgan fingerprint density at radius 2 is 2.06 bits per heavy atom. The largest absolute Gasteiger partial charge is 0.357 e. The molecule has 1 saturated carbocycles. The number of aromatic nitrogens is 2. The normalized spacial score (nSPS) is 19.6. The van der Waals surface area contributed by atoms with E-state index in [0.717, 1.165) is 81.1 Å². The first-order chi connectivity index (χ1) is 14.7. The number of aryl methyl sites for hydroxylation is 1. The van der Waals surface area contributed by atoms with Gasteiger partial charge in [0.05, 0.1) is 11.0 Å². The Labute approximate surface area is 201 Å². The molecule has 1 aliphatic carbocycles. The number of H-pyrrole nitrogens is 1. The predicted octanol–water partition coefficient (Wildman–Crippen LogP) is 3.46. The number of rotatable bonds is 7. The van der Waals surface area contributed by atoms with Crippen LogP contribution in [0.25, 0.3) is 11.0 Å². The molecule has 170 valence electrons. The number of aromatic amines is 1. The van der Waals surface area contributed by atoms with Crippen LogP contribution in [0.3, 0.4) is 0 Å². The minimum absolute atomic E-state index is 0. The van der Waals surface area contributed by atoms with Crippen molar-refractivity contribution in [3.8, 4) is 0 Å². The number of amides is 1. The lowest BCUT2D eigenvalue weighted by Crippen LogP contribution is -2.45. The standard InChI is InChI=1S/C23H34N6O.HI/c1-2-24-23(25-14-7-12-21-27-19-10-5-6-11-20(19)28-21)26-18-13-15-29(16-18)22(30)17-8-3-4-9-17;/h5-6,10-11,17-18H,2-4,7-9,12-16H2,1H3,(H,27,28)(H2,24,25,26);1H. The van der Waals surface area contributed by atoms with Crippen molar-refractivity contribution >= 4 is 46.9 Å². The summed E-state index contributed by atoms with van der Waals surface area (Å²) in [6.45, 7) is 5.30. The third kappa shape index (κ3) is 6.33. The number of imidazole rings is 1. The van der Waals surface area contributed by atoms with Crippen molar-refractivity contribution in [3.05, 3.63) is 30.1 Å². The van der Waals surface area contributed by atoms with Crippen molar-refractivity contribution in [2.75, 3.05) is 26.2 Å². The van der Waals surface area contributed by atoms with Gasteiger partial charge in [0.15, 0.2) is 5.96 Å². The van der Waals surface area contributed by atoms with Gasteiger partial charge < -0.3 is 20.5 Å². The molecule has 0 spiro atoms. The summed E-state index contributed by atoms with van der Waals surface area (Å²) in [5.41, 5.74) is 2.10. The van der Waals surface area contributed by atoms with E-state index in [1.165, 1.54) is 12.8 Å².